The van der Waals surface area contributed by atoms with E-state index < -0.39 is 58.9 Å². The minimum atomic E-state index is -1.76. The van der Waals surface area contributed by atoms with Crippen molar-refractivity contribution in [3.63, 3.8) is 0 Å². The molecule has 3 aliphatic rings. The second kappa shape index (κ2) is 9.02. The SMILES string of the molecule is CCCC12C(c3ccccc3)=C(c3ccccc3)C(C(C(=O)O)C1C(=O)O)C(C(=O)O)C2C(=O)O. The van der Waals surface area contributed by atoms with Gasteiger partial charge in [0.05, 0.1) is 23.7 Å². The van der Waals surface area contributed by atoms with Crippen molar-refractivity contribution in [2.24, 2.45) is 35.0 Å². The summed E-state index contributed by atoms with van der Waals surface area (Å²) in [6.07, 6.45) is 0.330. The van der Waals surface area contributed by atoms with E-state index in [1.807, 2.05) is 0 Å². The summed E-state index contributed by atoms with van der Waals surface area (Å²) < 4.78 is 0. The van der Waals surface area contributed by atoms with E-state index in [0.717, 1.165) is 0 Å². The number of carboxylic acids is 4. The van der Waals surface area contributed by atoms with Gasteiger partial charge in [0.15, 0.2) is 0 Å². The number of benzene rings is 2. The zero-order valence-corrected chi connectivity index (χ0v) is 19.0. The quantitative estimate of drug-likeness (QED) is 0.447. The van der Waals surface area contributed by atoms with Crippen LogP contribution >= 0.6 is 0 Å². The van der Waals surface area contributed by atoms with Gasteiger partial charge in [0.2, 0.25) is 0 Å². The summed E-state index contributed by atoms with van der Waals surface area (Å²) in [5.74, 6) is -13.6. The van der Waals surface area contributed by atoms with E-state index in [4.69, 9.17) is 0 Å². The first-order valence-electron chi connectivity index (χ1n) is 11.4. The molecular formula is C27H26O8. The van der Waals surface area contributed by atoms with Gasteiger partial charge in [-0.05, 0) is 28.7 Å². The maximum atomic E-state index is 12.8. The molecule has 0 aliphatic heterocycles. The van der Waals surface area contributed by atoms with Gasteiger partial charge >= 0.3 is 23.9 Å². The Morgan fingerprint density at radius 1 is 0.686 bits per heavy atom. The smallest absolute Gasteiger partial charge is 0.308 e. The summed E-state index contributed by atoms with van der Waals surface area (Å²) in [5, 5.41) is 41.3. The summed E-state index contributed by atoms with van der Waals surface area (Å²) in [6, 6.07) is 17.4. The molecule has 0 amide bonds. The number of carbonyl (C=O) groups is 4. The first-order chi connectivity index (χ1) is 16.7. The van der Waals surface area contributed by atoms with Crippen molar-refractivity contribution in [2.75, 3.05) is 0 Å². The number of fused-ring (bicyclic) bond motifs is 2. The third-order valence-electron chi connectivity index (χ3n) is 7.58. The van der Waals surface area contributed by atoms with Crippen LogP contribution in [0.25, 0.3) is 11.1 Å². The number of hydrogen-bond donors (Lipinski definition) is 4. The van der Waals surface area contributed by atoms with Crippen LogP contribution in [0.3, 0.4) is 0 Å². The average Bonchev–Trinajstić information content (AvgIpc) is 2.82. The fourth-order valence-corrected chi connectivity index (χ4v) is 6.73. The van der Waals surface area contributed by atoms with Crippen molar-refractivity contribution in [2.45, 2.75) is 19.8 Å². The van der Waals surface area contributed by atoms with E-state index in [-0.39, 0.29) is 6.42 Å². The Bertz CT molecular complexity index is 1160. The summed E-state index contributed by atoms with van der Waals surface area (Å²) in [5.41, 5.74) is 0.183. The maximum absolute atomic E-state index is 12.8. The number of allylic oxidation sites excluding steroid dienone is 2. The highest BCUT2D eigenvalue weighted by Gasteiger charge is 2.72. The molecule has 0 aromatic heterocycles. The van der Waals surface area contributed by atoms with Crippen molar-refractivity contribution in [1.29, 1.82) is 0 Å². The van der Waals surface area contributed by atoms with Gasteiger partial charge < -0.3 is 20.4 Å². The number of aliphatic carboxylic acids is 4. The zero-order chi connectivity index (χ0) is 25.5. The topological polar surface area (TPSA) is 149 Å². The van der Waals surface area contributed by atoms with Gasteiger partial charge in [0.1, 0.15) is 0 Å². The molecule has 2 bridgehead atoms. The zero-order valence-electron chi connectivity index (χ0n) is 19.0. The van der Waals surface area contributed by atoms with Gasteiger partial charge in [0.25, 0.3) is 0 Å². The predicted molar refractivity (Wildman–Crippen MR) is 125 cm³/mol. The number of hydrogen-bond acceptors (Lipinski definition) is 4. The van der Waals surface area contributed by atoms with E-state index in [1.165, 1.54) is 0 Å². The molecule has 4 unspecified atom stereocenters. The maximum Gasteiger partial charge on any atom is 0.308 e. The minimum Gasteiger partial charge on any atom is -0.481 e. The third-order valence-corrected chi connectivity index (χ3v) is 7.58. The standard InChI is InChI=1S/C27H26O8/c1-2-13-27-20(15-11-7-4-8-12-15)16(14-9-5-3-6-10-14)17(18(23(28)29)21(27)25(32)33)19(24(30)31)22(27)26(34)35/h3-12,17-19,21-22H,2,13H2,1H3,(H,28,29)(H,30,31)(H,32,33)(H,34,35). The molecule has 2 aromatic rings. The lowest BCUT2D eigenvalue weighted by Gasteiger charge is -2.60. The van der Waals surface area contributed by atoms with Crippen LogP contribution in [0.5, 0.6) is 0 Å². The molecule has 35 heavy (non-hydrogen) atoms. The largest absolute Gasteiger partial charge is 0.481 e. The Balaban J connectivity index is 2.27. The van der Waals surface area contributed by atoms with Crippen molar-refractivity contribution in [3.05, 3.63) is 71.8 Å². The van der Waals surface area contributed by atoms with Crippen molar-refractivity contribution in [3.8, 4) is 0 Å². The average molecular weight is 478 g/mol. The van der Waals surface area contributed by atoms with Crippen LogP contribution in [-0.2, 0) is 19.2 Å². The Kier molecular flexibility index (Phi) is 6.23. The van der Waals surface area contributed by atoms with E-state index in [0.29, 0.717) is 28.7 Å². The lowest BCUT2D eigenvalue weighted by Crippen LogP contribution is -2.65. The molecule has 0 saturated heterocycles. The summed E-state index contributed by atoms with van der Waals surface area (Å²) in [7, 11) is 0. The van der Waals surface area contributed by atoms with Crippen LogP contribution in [0.2, 0.25) is 0 Å². The minimum absolute atomic E-state index is 0.00176. The molecule has 0 spiro atoms. The molecule has 1 fully saturated rings. The molecule has 4 atom stereocenters. The van der Waals surface area contributed by atoms with Gasteiger partial charge in [0, 0.05) is 11.3 Å². The fraction of sp³-hybridized carbons (Fsp3) is 0.333. The molecule has 5 rings (SSSR count). The number of rotatable bonds is 8. The fourth-order valence-electron chi connectivity index (χ4n) is 6.73. The monoisotopic (exact) mass is 478 g/mol. The van der Waals surface area contributed by atoms with E-state index >= 15 is 0 Å². The van der Waals surface area contributed by atoms with E-state index in [2.05, 4.69) is 0 Å². The molecule has 2 aromatic carbocycles. The molecule has 0 radical (unpaired) electrons. The molecule has 8 nitrogen and oxygen atoms in total. The molecule has 8 heteroatoms. The molecule has 182 valence electrons. The van der Waals surface area contributed by atoms with Gasteiger partial charge in [-0.1, -0.05) is 74.0 Å². The highest BCUT2D eigenvalue weighted by molar-refractivity contribution is 6.06. The normalized spacial score (nSPS) is 29.6. The highest BCUT2D eigenvalue weighted by atomic mass is 16.4. The summed E-state index contributed by atoms with van der Waals surface area (Å²) in [6.45, 7) is 1.75. The second-order valence-corrected chi connectivity index (χ2v) is 9.20. The Hall–Kier alpha value is -3.94. The van der Waals surface area contributed by atoms with Gasteiger partial charge in [-0.3, -0.25) is 19.2 Å². The lowest BCUT2D eigenvalue weighted by molar-refractivity contribution is -0.186. The number of carboxylic acid groups (broad SMARTS) is 4. The molecule has 4 N–H and O–H groups in total. The predicted octanol–water partition coefficient (Wildman–Crippen LogP) is 3.83. The van der Waals surface area contributed by atoms with E-state index in [9.17, 15) is 39.6 Å². The van der Waals surface area contributed by atoms with Crippen LogP contribution in [-0.4, -0.2) is 44.3 Å². The molecule has 0 heterocycles. The van der Waals surface area contributed by atoms with Crippen LogP contribution in [0.4, 0.5) is 0 Å². The van der Waals surface area contributed by atoms with Crippen LogP contribution < -0.4 is 0 Å². The van der Waals surface area contributed by atoms with Crippen molar-refractivity contribution < 1.29 is 39.6 Å². The van der Waals surface area contributed by atoms with Crippen molar-refractivity contribution >= 4 is 35.0 Å². The van der Waals surface area contributed by atoms with Gasteiger partial charge in [-0.15, -0.1) is 0 Å². The summed E-state index contributed by atoms with van der Waals surface area (Å²) in [4.78, 5) is 50.8. The van der Waals surface area contributed by atoms with Gasteiger partial charge in [-0.25, -0.2) is 0 Å². The van der Waals surface area contributed by atoms with Crippen LogP contribution in [0.15, 0.2) is 60.7 Å². The molecule has 1 saturated carbocycles. The van der Waals surface area contributed by atoms with Gasteiger partial charge in [-0.2, -0.15) is 0 Å². The lowest BCUT2D eigenvalue weighted by atomic mass is 9.39. The highest BCUT2D eigenvalue weighted by Crippen LogP contribution is 2.70. The Morgan fingerprint density at radius 2 is 1.11 bits per heavy atom. The van der Waals surface area contributed by atoms with Crippen molar-refractivity contribution in [1.82, 2.24) is 0 Å². The summed E-state index contributed by atoms with van der Waals surface area (Å²) >= 11 is 0. The molecule has 3 aliphatic carbocycles. The Morgan fingerprint density at radius 3 is 1.49 bits per heavy atom. The first-order valence-corrected chi connectivity index (χ1v) is 11.4. The van der Waals surface area contributed by atoms with Crippen LogP contribution in [0, 0.1) is 35.0 Å². The van der Waals surface area contributed by atoms with Crippen LogP contribution in [0.1, 0.15) is 30.9 Å². The first kappa shape index (κ1) is 24.2. The Labute approximate surface area is 201 Å². The molecular weight excluding hydrogens is 452 g/mol. The van der Waals surface area contributed by atoms with E-state index in [1.54, 1.807) is 67.6 Å². The third kappa shape index (κ3) is 3.51. The second-order valence-electron chi connectivity index (χ2n) is 9.20.